The molecule has 8 nitrogen and oxygen atoms in total. The van der Waals surface area contributed by atoms with Crippen LogP contribution in [0.15, 0.2) is 42.5 Å². The summed E-state index contributed by atoms with van der Waals surface area (Å²) >= 11 is 1.59. The number of carboxylic acid groups (broad SMARTS) is 1. The van der Waals surface area contributed by atoms with Crippen molar-refractivity contribution in [2.24, 2.45) is 0 Å². The van der Waals surface area contributed by atoms with E-state index in [0.29, 0.717) is 17.1 Å². The Morgan fingerprint density at radius 3 is 2.53 bits per heavy atom. The van der Waals surface area contributed by atoms with Crippen molar-refractivity contribution in [2.75, 3.05) is 16.8 Å². The van der Waals surface area contributed by atoms with Gasteiger partial charge in [0, 0.05) is 16.1 Å². The van der Waals surface area contributed by atoms with Gasteiger partial charge in [0.1, 0.15) is 12.3 Å². The third kappa shape index (κ3) is 4.19. The van der Waals surface area contributed by atoms with Crippen molar-refractivity contribution in [3.8, 4) is 17.0 Å². The number of aromatic carboxylic acids is 1. The molecule has 0 bridgehead atoms. The van der Waals surface area contributed by atoms with Crippen LogP contribution in [0.5, 0.6) is 5.75 Å². The van der Waals surface area contributed by atoms with E-state index in [1.54, 1.807) is 24.3 Å². The van der Waals surface area contributed by atoms with Crippen LogP contribution in [0.25, 0.3) is 11.3 Å². The quantitative estimate of drug-likeness (QED) is 0.609. The number of thiazole rings is 1. The van der Waals surface area contributed by atoms with Crippen LogP contribution in [0.4, 0.5) is 11.4 Å². The van der Waals surface area contributed by atoms with Gasteiger partial charge in [-0.1, -0.05) is 0 Å². The normalized spacial score (nSPS) is 15.2. The highest BCUT2D eigenvalue weighted by Crippen LogP contribution is 2.38. The molecule has 0 aliphatic carbocycles. The molecule has 3 aromatic rings. The number of benzene rings is 2. The van der Waals surface area contributed by atoms with Crippen molar-refractivity contribution >= 4 is 40.5 Å². The van der Waals surface area contributed by atoms with E-state index < -0.39 is 18.0 Å². The largest absolute Gasteiger partial charge is 0.479 e. The van der Waals surface area contributed by atoms with E-state index in [0.717, 1.165) is 21.1 Å². The molecule has 9 heteroatoms. The molecule has 1 aliphatic rings. The Morgan fingerprint density at radius 1 is 1.19 bits per heavy atom. The van der Waals surface area contributed by atoms with Crippen LogP contribution in [0.2, 0.25) is 0 Å². The molecule has 1 unspecified atom stereocenters. The van der Waals surface area contributed by atoms with Gasteiger partial charge >= 0.3 is 5.97 Å². The molecule has 2 amide bonds. The highest BCUT2D eigenvalue weighted by atomic mass is 32.1. The van der Waals surface area contributed by atoms with E-state index in [-0.39, 0.29) is 18.0 Å². The molecule has 2 N–H and O–H groups in total. The van der Waals surface area contributed by atoms with Gasteiger partial charge < -0.3 is 15.2 Å². The van der Waals surface area contributed by atoms with Gasteiger partial charge in [-0.05, 0) is 63.2 Å². The minimum atomic E-state index is -1.05. The van der Waals surface area contributed by atoms with Crippen LogP contribution in [0, 0.1) is 13.8 Å². The van der Waals surface area contributed by atoms with Gasteiger partial charge in [-0.2, -0.15) is 0 Å². The Labute approximate surface area is 188 Å². The Morgan fingerprint density at radius 2 is 1.91 bits per heavy atom. The van der Waals surface area contributed by atoms with E-state index >= 15 is 0 Å². The summed E-state index contributed by atoms with van der Waals surface area (Å²) in [6, 6.07) is 11.3. The zero-order chi connectivity index (χ0) is 23.0. The fourth-order valence-corrected chi connectivity index (χ4v) is 4.39. The summed E-state index contributed by atoms with van der Waals surface area (Å²) in [4.78, 5) is 43.6. The van der Waals surface area contributed by atoms with Crippen molar-refractivity contribution < 1.29 is 24.2 Å². The third-order valence-electron chi connectivity index (χ3n) is 5.06. The zero-order valence-corrected chi connectivity index (χ0v) is 18.5. The van der Waals surface area contributed by atoms with Gasteiger partial charge in [0.05, 0.1) is 22.0 Å². The van der Waals surface area contributed by atoms with Crippen molar-refractivity contribution in [3.63, 3.8) is 0 Å². The number of anilines is 2. The number of nitrogens with one attached hydrogen (secondary N) is 1. The maximum absolute atomic E-state index is 12.9. The monoisotopic (exact) mass is 451 g/mol. The number of ether oxygens (including phenoxy) is 1. The van der Waals surface area contributed by atoms with Crippen LogP contribution < -0.4 is 15.0 Å². The molecule has 1 atom stereocenters. The van der Waals surface area contributed by atoms with Crippen molar-refractivity contribution in [1.82, 2.24) is 4.98 Å². The van der Waals surface area contributed by atoms with Gasteiger partial charge in [0.25, 0.3) is 5.91 Å². The van der Waals surface area contributed by atoms with E-state index in [2.05, 4.69) is 10.3 Å². The van der Waals surface area contributed by atoms with Crippen LogP contribution in [-0.2, 0) is 9.59 Å². The summed E-state index contributed by atoms with van der Waals surface area (Å²) in [7, 11) is 0. The zero-order valence-electron chi connectivity index (χ0n) is 17.7. The Bertz CT molecular complexity index is 1220. The lowest BCUT2D eigenvalue weighted by molar-refractivity contribution is -0.127. The number of carbonyl (C=O) groups is 3. The number of aryl methyl sites for hydroxylation is 2. The van der Waals surface area contributed by atoms with Gasteiger partial charge in [-0.15, -0.1) is 11.3 Å². The highest BCUT2D eigenvalue weighted by molar-refractivity contribution is 7.11. The van der Waals surface area contributed by atoms with Crippen molar-refractivity contribution in [1.29, 1.82) is 0 Å². The van der Waals surface area contributed by atoms with E-state index in [1.807, 2.05) is 26.0 Å². The first-order valence-corrected chi connectivity index (χ1v) is 10.7. The second-order valence-corrected chi connectivity index (χ2v) is 8.84. The fourth-order valence-electron chi connectivity index (χ4n) is 3.55. The van der Waals surface area contributed by atoms with Gasteiger partial charge in [0.2, 0.25) is 5.91 Å². The number of nitrogens with zero attached hydrogens (tertiary/aromatic N) is 2. The Balaban J connectivity index is 1.60. The lowest BCUT2D eigenvalue weighted by Gasteiger charge is -2.33. The van der Waals surface area contributed by atoms with Gasteiger partial charge in [-0.25, -0.2) is 9.78 Å². The van der Waals surface area contributed by atoms with Gasteiger partial charge in [0.15, 0.2) is 6.10 Å². The van der Waals surface area contributed by atoms with Crippen LogP contribution in [-0.4, -0.2) is 40.5 Å². The summed E-state index contributed by atoms with van der Waals surface area (Å²) in [5, 5.41) is 12.6. The average Bonchev–Trinajstić information content (AvgIpc) is 3.09. The predicted molar refractivity (Wildman–Crippen MR) is 121 cm³/mol. The topological polar surface area (TPSA) is 109 Å². The first kappa shape index (κ1) is 21.5. The number of carbonyl (C=O) groups excluding carboxylic acids is 2. The molecular weight excluding hydrogens is 430 g/mol. The first-order valence-electron chi connectivity index (χ1n) is 9.92. The minimum absolute atomic E-state index is 0.120. The maximum Gasteiger partial charge on any atom is 0.335 e. The molecule has 1 aromatic heterocycles. The predicted octanol–water partition coefficient (Wildman–Crippen LogP) is 3.88. The number of hydrogen-bond donors (Lipinski definition) is 2. The summed E-state index contributed by atoms with van der Waals surface area (Å²) in [6.45, 7) is 5.36. The van der Waals surface area contributed by atoms with Crippen molar-refractivity contribution in [3.05, 3.63) is 57.9 Å². The average molecular weight is 452 g/mol. The first-order chi connectivity index (χ1) is 15.2. The molecule has 4 rings (SSSR count). The number of rotatable bonds is 5. The summed E-state index contributed by atoms with van der Waals surface area (Å²) in [6.07, 6.45) is -0.723. The summed E-state index contributed by atoms with van der Waals surface area (Å²) in [5.41, 5.74) is 2.74. The standard InChI is InChI=1S/C23H21N3O5S/c1-12-22(28)26(11-20(27)25-17-7-4-15(5-8-17)23(29)30)18-10-16(6-9-19(18)31-12)21-13(2)32-14(3)24-21/h4-10,12H,11H2,1-3H3,(H,25,27)(H,29,30). The number of amides is 2. The van der Waals surface area contributed by atoms with E-state index in [9.17, 15) is 14.4 Å². The molecule has 164 valence electrons. The van der Waals surface area contributed by atoms with Crippen LogP contribution in [0.1, 0.15) is 27.2 Å². The minimum Gasteiger partial charge on any atom is -0.479 e. The summed E-state index contributed by atoms with van der Waals surface area (Å²) in [5.74, 6) is -1.26. The number of fused-ring (bicyclic) bond motifs is 1. The second-order valence-electron chi connectivity index (χ2n) is 7.44. The molecule has 0 saturated carbocycles. The maximum atomic E-state index is 12.9. The number of carboxylic acids is 1. The number of aromatic nitrogens is 1. The Hall–Kier alpha value is -3.72. The second kappa shape index (κ2) is 8.43. The number of hydrogen-bond acceptors (Lipinski definition) is 6. The Kier molecular flexibility index (Phi) is 5.67. The van der Waals surface area contributed by atoms with E-state index in [1.165, 1.54) is 29.2 Å². The highest BCUT2D eigenvalue weighted by Gasteiger charge is 2.33. The smallest absolute Gasteiger partial charge is 0.335 e. The molecule has 0 saturated heterocycles. The molecule has 0 spiro atoms. The molecule has 0 radical (unpaired) electrons. The summed E-state index contributed by atoms with van der Waals surface area (Å²) < 4.78 is 5.74. The third-order valence-corrected chi connectivity index (χ3v) is 5.95. The van der Waals surface area contributed by atoms with Gasteiger partial charge in [-0.3, -0.25) is 14.5 Å². The molecule has 32 heavy (non-hydrogen) atoms. The van der Waals surface area contributed by atoms with Crippen LogP contribution in [0.3, 0.4) is 0 Å². The fraction of sp³-hybridized carbons (Fsp3) is 0.217. The van der Waals surface area contributed by atoms with Crippen molar-refractivity contribution in [2.45, 2.75) is 26.9 Å². The molecule has 2 aromatic carbocycles. The molecule has 1 aliphatic heterocycles. The lowest BCUT2D eigenvalue weighted by Crippen LogP contribution is -2.47. The van der Waals surface area contributed by atoms with E-state index in [4.69, 9.17) is 9.84 Å². The molecule has 0 fully saturated rings. The molecular formula is C23H21N3O5S. The van der Waals surface area contributed by atoms with Crippen LogP contribution >= 0.6 is 11.3 Å². The lowest BCUT2D eigenvalue weighted by atomic mass is 10.1. The SMILES string of the molecule is Cc1nc(-c2ccc3c(c2)N(CC(=O)Nc2ccc(C(=O)O)cc2)C(=O)C(C)O3)c(C)s1. The molecule has 2 heterocycles.